The van der Waals surface area contributed by atoms with E-state index in [0.717, 1.165) is 24.0 Å². The standard InChI is InChI=1S/C20H23N3O4/c1-20(2,3)27-19(25)23-9-5-6-13-10-14(11-22-17(13)23)16-12-21-8-7-15(16)18(24)26-4/h7-8,10-12H,5-6,9H2,1-4H3. The summed E-state index contributed by atoms with van der Waals surface area (Å²) in [6.07, 6.45) is 6.01. The van der Waals surface area contributed by atoms with E-state index in [1.54, 1.807) is 29.6 Å². The number of pyridine rings is 2. The van der Waals surface area contributed by atoms with E-state index in [1.165, 1.54) is 7.11 Å². The summed E-state index contributed by atoms with van der Waals surface area (Å²) in [5, 5.41) is 0. The number of ether oxygens (including phenoxy) is 2. The van der Waals surface area contributed by atoms with Crippen molar-refractivity contribution >= 4 is 17.9 Å². The third-order valence-electron chi connectivity index (χ3n) is 4.18. The third-order valence-corrected chi connectivity index (χ3v) is 4.18. The van der Waals surface area contributed by atoms with Gasteiger partial charge in [-0.3, -0.25) is 9.88 Å². The van der Waals surface area contributed by atoms with E-state index in [2.05, 4.69) is 9.97 Å². The van der Waals surface area contributed by atoms with Gasteiger partial charge in [0.1, 0.15) is 11.4 Å². The van der Waals surface area contributed by atoms with Gasteiger partial charge in [0.05, 0.1) is 12.7 Å². The normalized spacial score (nSPS) is 13.7. The third kappa shape index (κ3) is 4.07. The lowest BCUT2D eigenvalue weighted by Gasteiger charge is -2.31. The lowest BCUT2D eigenvalue weighted by Crippen LogP contribution is -2.40. The fraction of sp³-hybridized carbons (Fsp3) is 0.400. The molecule has 2 aromatic rings. The van der Waals surface area contributed by atoms with Crippen molar-refractivity contribution in [1.82, 2.24) is 9.97 Å². The molecule has 7 nitrogen and oxygen atoms in total. The van der Waals surface area contributed by atoms with E-state index >= 15 is 0 Å². The van der Waals surface area contributed by atoms with Crippen molar-refractivity contribution in [1.29, 1.82) is 0 Å². The molecular formula is C20H23N3O4. The summed E-state index contributed by atoms with van der Waals surface area (Å²) in [4.78, 5) is 34.7. The van der Waals surface area contributed by atoms with Gasteiger partial charge in [0.15, 0.2) is 0 Å². The van der Waals surface area contributed by atoms with Gasteiger partial charge in [-0.15, -0.1) is 0 Å². The summed E-state index contributed by atoms with van der Waals surface area (Å²) in [5.74, 6) is 0.170. The molecule has 7 heteroatoms. The molecule has 0 fully saturated rings. The number of aromatic nitrogens is 2. The van der Waals surface area contributed by atoms with Gasteiger partial charge in [0.2, 0.25) is 0 Å². The van der Waals surface area contributed by atoms with E-state index < -0.39 is 17.7 Å². The Labute approximate surface area is 158 Å². The summed E-state index contributed by atoms with van der Waals surface area (Å²) >= 11 is 0. The monoisotopic (exact) mass is 369 g/mol. The lowest BCUT2D eigenvalue weighted by molar-refractivity contribution is 0.0573. The first-order chi connectivity index (χ1) is 12.8. The first-order valence-electron chi connectivity index (χ1n) is 8.82. The number of anilines is 1. The fourth-order valence-corrected chi connectivity index (χ4v) is 3.02. The van der Waals surface area contributed by atoms with Gasteiger partial charge in [-0.05, 0) is 51.3 Å². The molecule has 1 aliphatic rings. The number of aryl methyl sites for hydroxylation is 1. The van der Waals surface area contributed by atoms with E-state index in [4.69, 9.17) is 9.47 Å². The van der Waals surface area contributed by atoms with Crippen molar-refractivity contribution in [3.63, 3.8) is 0 Å². The average molecular weight is 369 g/mol. The van der Waals surface area contributed by atoms with Crippen molar-refractivity contribution < 1.29 is 19.1 Å². The van der Waals surface area contributed by atoms with Crippen molar-refractivity contribution in [3.05, 3.63) is 41.9 Å². The molecule has 2 aromatic heterocycles. The van der Waals surface area contributed by atoms with Crippen LogP contribution >= 0.6 is 0 Å². The molecule has 0 aliphatic carbocycles. The number of hydrogen-bond acceptors (Lipinski definition) is 6. The van der Waals surface area contributed by atoms with Gasteiger partial charge in [-0.1, -0.05) is 0 Å². The maximum Gasteiger partial charge on any atom is 0.416 e. The second-order valence-electron chi connectivity index (χ2n) is 7.36. The number of carbonyl (C=O) groups is 2. The molecule has 3 rings (SSSR count). The molecule has 3 heterocycles. The Morgan fingerprint density at radius 2 is 2.00 bits per heavy atom. The Hall–Kier alpha value is -2.96. The second-order valence-corrected chi connectivity index (χ2v) is 7.36. The summed E-state index contributed by atoms with van der Waals surface area (Å²) in [6, 6.07) is 3.57. The van der Waals surface area contributed by atoms with Crippen LogP contribution in [0.4, 0.5) is 10.6 Å². The van der Waals surface area contributed by atoms with Crippen LogP contribution < -0.4 is 4.90 Å². The summed E-state index contributed by atoms with van der Waals surface area (Å²) in [5.41, 5.74) is 2.19. The SMILES string of the molecule is COC(=O)c1ccncc1-c1cnc2c(c1)CCCN2C(=O)OC(C)(C)C. The second kappa shape index (κ2) is 7.34. The number of methoxy groups -OCH3 is 1. The van der Waals surface area contributed by atoms with Crippen LogP contribution in [0.3, 0.4) is 0 Å². The minimum absolute atomic E-state index is 0.402. The van der Waals surface area contributed by atoms with Crippen molar-refractivity contribution in [2.45, 2.75) is 39.2 Å². The average Bonchev–Trinajstić information content (AvgIpc) is 2.65. The first kappa shape index (κ1) is 18.8. The number of rotatable bonds is 2. The number of hydrogen-bond donors (Lipinski definition) is 0. The molecule has 0 saturated heterocycles. The van der Waals surface area contributed by atoms with Crippen LogP contribution in [0.15, 0.2) is 30.7 Å². The van der Waals surface area contributed by atoms with Gasteiger partial charge in [0, 0.05) is 36.3 Å². The van der Waals surface area contributed by atoms with Gasteiger partial charge in [-0.25, -0.2) is 14.6 Å². The van der Waals surface area contributed by atoms with Gasteiger partial charge < -0.3 is 9.47 Å². The Morgan fingerprint density at radius 1 is 1.22 bits per heavy atom. The molecule has 0 spiro atoms. The molecule has 0 bridgehead atoms. The van der Waals surface area contributed by atoms with Crippen molar-refractivity contribution in [3.8, 4) is 11.1 Å². The predicted octanol–water partition coefficient (Wildman–Crippen LogP) is 3.62. The predicted molar refractivity (Wildman–Crippen MR) is 101 cm³/mol. The highest BCUT2D eigenvalue weighted by Crippen LogP contribution is 2.31. The first-order valence-corrected chi connectivity index (χ1v) is 8.82. The molecule has 0 aromatic carbocycles. The zero-order valence-corrected chi connectivity index (χ0v) is 16.0. The molecule has 0 unspecified atom stereocenters. The van der Waals surface area contributed by atoms with Crippen LogP contribution in [0.2, 0.25) is 0 Å². The summed E-state index contributed by atoms with van der Waals surface area (Å²) in [7, 11) is 1.34. The Morgan fingerprint density at radius 3 is 2.70 bits per heavy atom. The molecule has 0 radical (unpaired) electrons. The number of esters is 1. The number of nitrogens with zero attached hydrogens (tertiary/aromatic N) is 3. The zero-order valence-electron chi connectivity index (χ0n) is 16.0. The highest BCUT2D eigenvalue weighted by Gasteiger charge is 2.28. The Kier molecular flexibility index (Phi) is 5.12. The van der Waals surface area contributed by atoms with E-state index in [1.807, 2.05) is 26.8 Å². The number of fused-ring (bicyclic) bond motifs is 1. The minimum atomic E-state index is -0.570. The molecule has 142 valence electrons. The molecule has 0 atom stereocenters. The Bertz CT molecular complexity index is 874. The summed E-state index contributed by atoms with van der Waals surface area (Å²) < 4.78 is 10.3. The number of carbonyl (C=O) groups excluding carboxylic acids is 2. The molecule has 0 N–H and O–H groups in total. The maximum absolute atomic E-state index is 12.5. The van der Waals surface area contributed by atoms with Crippen LogP contribution in [-0.4, -0.2) is 41.3 Å². The molecule has 27 heavy (non-hydrogen) atoms. The topological polar surface area (TPSA) is 81.6 Å². The molecule has 1 aliphatic heterocycles. The molecule has 0 saturated carbocycles. The van der Waals surface area contributed by atoms with Crippen LogP contribution in [-0.2, 0) is 15.9 Å². The van der Waals surface area contributed by atoms with E-state index in [-0.39, 0.29) is 0 Å². The van der Waals surface area contributed by atoms with Crippen LogP contribution in [0.5, 0.6) is 0 Å². The van der Waals surface area contributed by atoms with Crippen molar-refractivity contribution in [2.24, 2.45) is 0 Å². The highest BCUT2D eigenvalue weighted by atomic mass is 16.6. The molecular weight excluding hydrogens is 346 g/mol. The highest BCUT2D eigenvalue weighted by molar-refractivity contribution is 5.97. The van der Waals surface area contributed by atoms with Gasteiger partial charge in [0.25, 0.3) is 0 Å². The van der Waals surface area contributed by atoms with Crippen LogP contribution in [0, 0.1) is 0 Å². The lowest BCUT2D eigenvalue weighted by atomic mass is 9.99. The largest absolute Gasteiger partial charge is 0.465 e. The fourth-order valence-electron chi connectivity index (χ4n) is 3.02. The Balaban J connectivity index is 1.97. The van der Waals surface area contributed by atoms with E-state index in [0.29, 0.717) is 23.5 Å². The molecule has 1 amide bonds. The van der Waals surface area contributed by atoms with Crippen LogP contribution in [0.1, 0.15) is 43.1 Å². The smallest absolute Gasteiger partial charge is 0.416 e. The minimum Gasteiger partial charge on any atom is -0.465 e. The maximum atomic E-state index is 12.5. The number of amides is 1. The summed E-state index contributed by atoms with van der Waals surface area (Å²) in [6.45, 7) is 6.07. The quantitative estimate of drug-likeness (QED) is 0.752. The van der Waals surface area contributed by atoms with Crippen molar-refractivity contribution in [2.75, 3.05) is 18.6 Å². The van der Waals surface area contributed by atoms with Gasteiger partial charge in [-0.2, -0.15) is 0 Å². The van der Waals surface area contributed by atoms with E-state index in [9.17, 15) is 9.59 Å². The van der Waals surface area contributed by atoms with Crippen LogP contribution in [0.25, 0.3) is 11.1 Å². The zero-order chi connectivity index (χ0) is 19.6. The van der Waals surface area contributed by atoms with Gasteiger partial charge >= 0.3 is 12.1 Å².